The lowest BCUT2D eigenvalue weighted by Crippen LogP contribution is -2.13. The van der Waals surface area contributed by atoms with Gasteiger partial charge >= 0.3 is 5.97 Å². The van der Waals surface area contributed by atoms with E-state index in [1.165, 1.54) is 13.2 Å². The monoisotopic (exact) mass is 287 g/mol. The molecule has 0 saturated heterocycles. The van der Waals surface area contributed by atoms with Crippen molar-refractivity contribution >= 4 is 11.7 Å². The quantitative estimate of drug-likeness (QED) is 0.502. The molecule has 0 amide bonds. The molecule has 2 aromatic rings. The fourth-order valence-electron chi connectivity index (χ4n) is 1.77. The normalized spacial score (nSPS) is 9.95. The van der Waals surface area contributed by atoms with Gasteiger partial charge in [0.2, 0.25) is 0 Å². The van der Waals surface area contributed by atoms with Gasteiger partial charge in [-0.05, 0) is 30.3 Å². The van der Waals surface area contributed by atoms with Crippen molar-refractivity contribution in [1.82, 2.24) is 0 Å². The number of rotatable bonds is 6. The number of carbonyl (C=O) groups excluding carboxylic acids is 1. The number of carbonyl (C=O) groups is 1. The second-order valence-corrected chi connectivity index (χ2v) is 4.26. The van der Waals surface area contributed by atoms with Crippen LogP contribution in [-0.2, 0) is 4.74 Å². The van der Waals surface area contributed by atoms with Crippen molar-refractivity contribution in [3.63, 3.8) is 0 Å². The number of hydrogen-bond donors (Lipinski definition) is 1. The van der Waals surface area contributed by atoms with Gasteiger partial charge < -0.3 is 19.9 Å². The number of para-hydroxylation sites is 1. The largest absolute Gasteiger partial charge is 0.496 e. The third kappa shape index (κ3) is 4.14. The van der Waals surface area contributed by atoms with Gasteiger partial charge in [-0.2, -0.15) is 0 Å². The first kappa shape index (κ1) is 14.7. The van der Waals surface area contributed by atoms with Crippen LogP contribution in [0, 0.1) is 0 Å². The van der Waals surface area contributed by atoms with Gasteiger partial charge in [-0.25, -0.2) is 4.79 Å². The van der Waals surface area contributed by atoms with Gasteiger partial charge in [-0.1, -0.05) is 18.2 Å². The van der Waals surface area contributed by atoms with Crippen molar-refractivity contribution in [3.8, 4) is 11.5 Å². The summed E-state index contributed by atoms with van der Waals surface area (Å²) < 4.78 is 15.7. The van der Waals surface area contributed by atoms with E-state index in [4.69, 9.17) is 19.9 Å². The minimum atomic E-state index is -0.490. The van der Waals surface area contributed by atoms with Gasteiger partial charge in [0.1, 0.15) is 30.3 Å². The fourth-order valence-corrected chi connectivity index (χ4v) is 1.77. The van der Waals surface area contributed by atoms with Crippen LogP contribution in [-0.4, -0.2) is 26.3 Å². The molecule has 110 valence electrons. The summed E-state index contributed by atoms with van der Waals surface area (Å²) in [6.45, 7) is 0.423. The summed E-state index contributed by atoms with van der Waals surface area (Å²) in [6.07, 6.45) is 0. The Morgan fingerprint density at radius 2 is 1.86 bits per heavy atom. The minimum Gasteiger partial charge on any atom is -0.496 e. The Morgan fingerprint density at radius 3 is 2.57 bits per heavy atom. The minimum absolute atomic E-state index is 0.145. The summed E-state index contributed by atoms with van der Waals surface area (Å²) in [4.78, 5) is 12.0. The third-order valence-corrected chi connectivity index (χ3v) is 2.77. The second-order valence-electron chi connectivity index (χ2n) is 4.26. The van der Waals surface area contributed by atoms with Gasteiger partial charge in [0.25, 0.3) is 0 Å². The van der Waals surface area contributed by atoms with E-state index in [0.717, 1.165) is 5.75 Å². The lowest BCUT2D eigenvalue weighted by Gasteiger charge is -2.10. The van der Waals surface area contributed by atoms with Crippen LogP contribution in [0.5, 0.6) is 11.5 Å². The Kier molecular flexibility index (Phi) is 5.04. The number of benzene rings is 2. The Bertz CT molecular complexity index is 598. The van der Waals surface area contributed by atoms with Crippen molar-refractivity contribution < 1.29 is 19.0 Å². The van der Waals surface area contributed by atoms with Crippen LogP contribution in [0.15, 0.2) is 48.5 Å². The Morgan fingerprint density at radius 1 is 1.10 bits per heavy atom. The smallest absolute Gasteiger partial charge is 0.342 e. The molecule has 0 atom stereocenters. The maximum absolute atomic E-state index is 12.0. The van der Waals surface area contributed by atoms with E-state index in [2.05, 4.69) is 0 Å². The molecule has 2 N–H and O–H groups in total. The molecule has 5 heteroatoms. The highest BCUT2D eigenvalue weighted by Gasteiger charge is 2.14. The average molecular weight is 287 g/mol. The number of nitrogens with two attached hydrogens (primary N) is 1. The standard InChI is InChI=1S/C16H17NO4/c1-19-15-8-7-12(17)11-14(15)16(18)21-10-9-20-13-5-3-2-4-6-13/h2-8,11H,9-10,17H2,1H3. The van der Waals surface area contributed by atoms with E-state index in [1.54, 1.807) is 12.1 Å². The predicted octanol–water partition coefficient (Wildman–Crippen LogP) is 2.51. The highest BCUT2D eigenvalue weighted by molar-refractivity contribution is 5.93. The molecule has 0 aliphatic carbocycles. The molecular weight excluding hydrogens is 270 g/mol. The molecule has 0 aliphatic rings. The summed E-state index contributed by atoms with van der Waals surface area (Å²) in [5.74, 6) is 0.670. The molecule has 2 aromatic carbocycles. The van der Waals surface area contributed by atoms with Gasteiger partial charge in [-0.3, -0.25) is 0 Å². The predicted molar refractivity (Wildman–Crippen MR) is 79.6 cm³/mol. The highest BCUT2D eigenvalue weighted by atomic mass is 16.6. The number of nitrogen functional groups attached to an aromatic ring is 1. The first-order valence-corrected chi connectivity index (χ1v) is 6.49. The molecule has 21 heavy (non-hydrogen) atoms. The molecule has 0 spiro atoms. The topological polar surface area (TPSA) is 70.8 Å². The summed E-state index contributed by atoms with van der Waals surface area (Å²) in [7, 11) is 1.49. The summed E-state index contributed by atoms with van der Waals surface area (Å²) in [6, 6.07) is 14.1. The maximum atomic E-state index is 12.0. The van der Waals surface area contributed by atoms with Gasteiger partial charge in [-0.15, -0.1) is 0 Å². The molecule has 0 unspecified atom stereocenters. The summed E-state index contributed by atoms with van der Waals surface area (Å²) in [5, 5.41) is 0. The van der Waals surface area contributed by atoms with Crippen molar-refractivity contribution in [1.29, 1.82) is 0 Å². The van der Waals surface area contributed by atoms with Crippen LogP contribution in [0.25, 0.3) is 0 Å². The first-order valence-electron chi connectivity index (χ1n) is 6.49. The fraction of sp³-hybridized carbons (Fsp3) is 0.188. The molecule has 0 aliphatic heterocycles. The average Bonchev–Trinajstić information content (AvgIpc) is 2.52. The zero-order valence-electron chi connectivity index (χ0n) is 11.7. The van der Waals surface area contributed by atoms with Crippen LogP contribution < -0.4 is 15.2 Å². The van der Waals surface area contributed by atoms with Gasteiger partial charge in [0, 0.05) is 5.69 Å². The zero-order valence-corrected chi connectivity index (χ0v) is 11.7. The molecule has 0 aromatic heterocycles. The SMILES string of the molecule is COc1ccc(N)cc1C(=O)OCCOc1ccccc1. The summed E-state index contributed by atoms with van der Waals surface area (Å²) >= 11 is 0. The van der Waals surface area contributed by atoms with E-state index in [1.807, 2.05) is 30.3 Å². The molecule has 5 nitrogen and oxygen atoms in total. The Labute approximate surface area is 123 Å². The van der Waals surface area contributed by atoms with Crippen LogP contribution in [0.4, 0.5) is 5.69 Å². The molecule has 0 radical (unpaired) electrons. The van der Waals surface area contributed by atoms with E-state index in [9.17, 15) is 4.79 Å². The van der Waals surface area contributed by atoms with E-state index in [-0.39, 0.29) is 13.2 Å². The second kappa shape index (κ2) is 7.19. The molecule has 2 rings (SSSR count). The van der Waals surface area contributed by atoms with E-state index >= 15 is 0 Å². The lowest BCUT2D eigenvalue weighted by atomic mass is 10.2. The van der Waals surface area contributed by atoms with Crippen molar-refractivity contribution in [2.24, 2.45) is 0 Å². The Balaban J connectivity index is 1.86. The molecule has 0 bridgehead atoms. The van der Waals surface area contributed by atoms with Crippen LogP contribution in [0.3, 0.4) is 0 Å². The number of ether oxygens (including phenoxy) is 3. The number of esters is 1. The molecule has 0 heterocycles. The number of hydrogen-bond acceptors (Lipinski definition) is 5. The van der Waals surface area contributed by atoms with Crippen LogP contribution in [0.2, 0.25) is 0 Å². The van der Waals surface area contributed by atoms with Crippen LogP contribution >= 0.6 is 0 Å². The molecular formula is C16H17NO4. The van der Waals surface area contributed by atoms with Crippen molar-refractivity contribution in [3.05, 3.63) is 54.1 Å². The number of anilines is 1. The third-order valence-electron chi connectivity index (χ3n) is 2.77. The molecule has 0 fully saturated rings. The maximum Gasteiger partial charge on any atom is 0.342 e. The number of methoxy groups -OCH3 is 1. The lowest BCUT2D eigenvalue weighted by molar-refractivity contribution is 0.0447. The zero-order chi connectivity index (χ0) is 15.1. The summed E-state index contributed by atoms with van der Waals surface area (Å²) in [5.41, 5.74) is 6.44. The van der Waals surface area contributed by atoms with E-state index in [0.29, 0.717) is 17.0 Å². The molecule has 0 saturated carbocycles. The van der Waals surface area contributed by atoms with Gasteiger partial charge in [0.05, 0.1) is 7.11 Å². The van der Waals surface area contributed by atoms with Crippen LogP contribution in [0.1, 0.15) is 10.4 Å². The highest BCUT2D eigenvalue weighted by Crippen LogP contribution is 2.21. The van der Waals surface area contributed by atoms with Crippen molar-refractivity contribution in [2.45, 2.75) is 0 Å². The van der Waals surface area contributed by atoms with Gasteiger partial charge in [0.15, 0.2) is 0 Å². The van der Waals surface area contributed by atoms with E-state index < -0.39 is 5.97 Å². The first-order chi connectivity index (χ1) is 10.2. The van der Waals surface area contributed by atoms with Crippen molar-refractivity contribution in [2.75, 3.05) is 26.1 Å². The Hall–Kier alpha value is -2.69.